The summed E-state index contributed by atoms with van der Waals surface area (Å²) in [7, 11) is 0. The molecule has 2 atom stereocenters. The van der Waals surface area contributed by atoms with Crippen LogP contribution in [0.25, 0.3) is 0 Å². The summed E-state index contributed by atoms with van der Waals surface area (Å²) in [5, 5.41) is 13.8. The third kappa shape index (κ3) is 0.923. The van der Waals surface area contributed by atoms with Crippen LogP contribution in [-0.4, -0.2) is 16.2 Å². The molecule has 0 bridgehead atoms. The van der Waals surface area contributed by atoms with E-state index in [1.54, 1.807) is 0 Å². The molecule has 2 unspecified atom stereocenters. The molecule has 13 heavy (non-hydrogen) atoms. The van der Waals surface area contributed by atoms with E-state index in [0.717, 1.165) is 17.9 Å². The highest BCUT2D eigenvalue weighted by molar-refractivity contribution is 8.00. The minimum atomic E-state index is -0.749. The van der Waals surface area contributed by atoms with E-state index >= 15 is 0 Å². The summed E-state index contributed by atoms with van der Waals surface area (Å²) in [4.78, 5) is 0. The number of hydrogen-bond acceptors (Lipinski definition) is 3. The molecular formula is C10H11NOS. The van der Waals surface area contributed by atoms with Gasteiger partial charge in [0.2, 0.25) is 0 Å². The summed E-state index contributed by atoms with van der Waals surface area (Å²) in [6, 6.07) is 8.15. The molecule has 0 spiro atoms. The van der Waals surface area contributed by atoms with Crippen molar-refractivity contribution in [2.45, 2.75) is 17.4 Å². The quantitative estimate of drug-likeness (QED) is 0.646. The second kappa shape index (κ2) is 2.50. The summed E-state index contributed by atoms with van der Waals surface area (Å²) in [6.45, 7) is 0. The fraction of sp³-hybridized carbons (Fsp3) is 0.400. The van der Waals surface area contributed by atoms with Crippen LogP contribution in [0.4, 0.5) is 0 Å². The van der Waals surface area contributed by atoms with Crippen LogP contribution in [0.1, 0.15) is 11.1 Å². The van der Waals surface area contributed by atoms with Gasteiger partial charge in [0.15, 0.2) is 5.72 Å². The molecule has 1 aromatic rings. The van der Waals surface area contributed by atoms with Crippen LogP contribution in [-0.2, 0) is 12.1 Å². The Balaban J connectivity index is 2.17. The van der Waals surface area contributed by atoms with Crippen LogP contribution in [0, 0.1) is 0 Å². The molecule has 0 radical (unpaired) electrons. The number of fused-ring (bicyclic) bond motifs is 3. The highest BCUT2D eigenvalue weighted by Gasteiger charge is 2.48. The standard InChI is InChI=1S/C10H11NOS/c12-10-8-4-2-1-3-7(8)5-9(10)13-6-11-10/h1-4,9,11-12H,5-6H2. The van der Waals surface area contributed by atoms with Gasteiger partial charge in [-0.1, -0.05) is 24.3 Å². The van der Waals surface area contributed by atoms with Gasteiger partial charge in [0.05, 0.1) is 5.25 Å². The maximum Gasteiger partial charge on any atom is 0.155 e. The lowest BCUT2D eigenvalue weighted by molar-refractivity contribution is 0.0222. The van der Waals surface area contributed by atoms with Crippen LogP contribution in [0.2, 0.25) is 0 Å². The molecule has 1 saturated heterocycles. The van der Waals surface area contributed by atoms with Crippen molar-refractivity contribution in [3.63, 3.8) is 0 Å². The Hall–Kier alpha value is -0.510. The van der Waals surface area contributed by atoms with Gasteiger partial charge >= 0.3 is 0 Å². The normalized spacial score (nSPS) is 35.9. The monoisotopic (exact) mass is 193 g/mol. The first-order valence-corrected chi connectivity index (χ1v) is 5.53. The van der Waals surface area contributed by atoms with Gasteiger partial charge in [-0.3, -0.25) is 5.32 Å². The Morgan fingerprint density at radius 1 is 1.46 bits per heavy atom. The van der Waals surface area contributed by atoms with E-state index in [-0.39, 0.29) is 0 Å². The zero-order chi connectivity index (χ0) is 8.89. The number of hydrogen-bond donors (Lipinski definition) is 2. The Bertz CT molecular complexity index is 355. The number of nitrogens with one attached hydrogen (secondary N) is 1. The SMILES string of the molecule is OC12NCSC1Cc1ccccc12. The number of benzene rings is 1. The van der Waals surface area contributed by atoms with E-state index in [9.17, 15) is 5.11 Å². The van der Waals surface area contributed by atoms with E-state index in [2.05, 4.69) is 11.4 Å². The number of aliphatic hydroxyl groups is 1. The molecular weight excluding hydrogens is 182 g/mol. The maximum atomic E-state index is 10.4. The predicted octanol–water partition coefficient (Wildman–Crippen LogP) is 1.05. The molecule has 3 heteroatoms. The maximum absolute atomic E-state index is 10.4. The van der Waals surface area contributed by atoms with Crippen molar-refractivity contribution in [1.29, 1.82) is 0 Å². The minimum Gasteiger partial charge on any atom is -0.370 e. The lowest BCUT2D eigenvalue weighted by atomic mass is 10.1. The van der Waals surface area contributed by atoms with Crippen molar-refractivity contribution in [3.8, 4) is 0 Å². The van der Waals surface area contributed by atoms with Gasteiger partial charge < -0.3 is 5.11 Å². The average Bonchev–Trinajstić information content (AvgIpc) is 2.60. The molecule has 68 valence electrons. The molecule has 1 aliphatic heterocycles. The van der Waals surface area contributed by atoms with Crippen molar-refractivity contribution in [1.82, 2.24) is 5.32 Å². The van der Waals surface area contributed by atoms with E-state index < -0.39 is 5.72 Å². The van der Waals surface area contributed by atoms with Crippen LogP contribution >= 0.6 is 11.8 Å². The molecule has 1 aromatic carbocycles. The zero-order valence-electron chi connectivity index (χ0n) is 7.16. The fourth-order valence-corrected chi connectivity index (χ4v) is 3.49. The topological polar surface area (TPSA) is 32.3 Å². The molecule has 2 aliphatic rings. The fourth-order valence-electron chi connectivity index (χ4n) is 2.23. The summed E-state index contributed by atoms with van der Waals surface area (Å²) in [5.74, 6) is 0.857. The van der Waals surface area contributed by atoms with E-state index in [1.165, 1.54) is 5.56 Å². The highest BCUT2D eigenvalue weighted by Crippen LogP contribution is 2.44. The van der Waals surface area contributed by atoms with Crippen molar-refractivity contribution in [3.05, 3.63) is 35.4 Å². The molecule has 3 rings (SSSR count). The van der Waals surface area contributed by atoms with Gasteiger partial charge in [-0.25, -0.2) is 0 Å². The van der Waals surface area contributed by atoms with Crippen molar-refractivity contribution in [2.24, 2.45) is 0 Å². The first kappa shape index (κ1) is 7.85. The third-order valence-electron chi connectivity index (χ3n) is 2.93. The Morgan fingerprint density at radius 3 is 3.23 bits per heavy atom. The van der Waals surface area contributed by atoms with Gasteiger partial charge in [0.25, 0.3) is 0 Å². The second-order valence-electron chi connectivity index (χ2n) is 3.60. The summed E-state index contributed by atoms with van der Waals surface area (Å²) >= 11 is 1.81. The van der Waals surface area contributed by atoms with Crippen molar-refractivity contribution >= 4 is 11.8 Å². The molecule has 0 saturated carbocycles. The van der Waals surface area contributed by atoms with Gasteiger partial charge in [-0.05, 0) is 12.0 Å². The molecule has 1 aliphatic carbocycles. The molecule has 1 heterocycles. The molecule has 0 amide bonds. The lowest BCUT2D eigenvalue weighted by Crippen LogP contribution is -2.41. The smallest absolute Gasteiger partial charge is 0.155 e. The van der Waals surface area contributed by atoms with Gasteiger partial charge in [0, 0.05) is 11.4 Å². The van der Waals surface area contributed by atoms with E-state index in [4.69, 9.17) is 0 Å². The minimum absolute atomic E-state index is 0.310. The number of rotatable bonds is 0. The van der Waals surface area contributed by atoms with Gasteiger partial charge in [-0.15, -0.1) is 11.8 Å². The zero-order valence-corrected chi connectivity index (χ0v) is 7.97. The van der Waals surface area contributed by atoms with E-state index in [1.807, 2.05) is 30.0 Å². The highest BCUT2D eigenvalue weighted by atomic mass is 32.2. The molecule has 2 N–H and O–H groups in total. The molecule has 0 aromatic heterocycles. The largest absolute Gasteiger partial charge is 0.370 e. The van der Waals surface area contributed by atoms with Crippen LogP contribution < -0.4 is 5.32 Å². The number of thioether (sulfide) groups is 1. The summed E-state index contributed by atoms with van der Waals surface area (Å²) in [6.07, 6.45) is 0.990. The van der Waals surface area contributed by atoms with Crippen molar-refractivity contribution < 1.29 is 5.11 Å². The van der Waals surface area contributed by atoms with Gasteiger partial charge in [0.1, 0.15) is 0 Å². The predicted molar refractivity (Wildman–Crippen MR) is 53.4 cm³/mol. The Kier molecular flexibility index (Phi) is 1.51. The first-order valence-electron chi connectivity index (χ1n) is 4.48. The Morgan fingerprint density at radius 2 is 2.31 bits per heavy atom. The first-order chi connectivity index (χ1) is 6.31. The van der Waals surface area contributed by atoms with Crippen LogP contribution in [0.3, 0.4) is 0 Å². The average molecular weight is 193 g/mol. The third-order valence-corrected chi connectivity index (χ3v) is 4.15. The molecule has 1 fully saturated rings. The second-order valence-corrected chi connectivity index (χ2v) is 4.80. The Labute approximate surface area is 81.3 Å². The van der Waals surface area contributed by atoms with Crippen LogP contribution in [0.15, 0.2) is 24.3 Å². The summed E-state index contributed by atoms with van der Waals surface area (Å²) in [5.41, 5.74) is 1.61. The van der Waals surface area contributed by atoms with E-state index in [0.29, 0.717) is 5.25 Å². The van der Waals surface area contributed by atoms with Crippen LogP contribution in [0.5, 0.6) is 0 Å². The molecule has 2 nitrogen and oxygen atoms in total. The van der Waals surface area contributed by atoms with Gasteiger partial charge in [-0.2, -0.15) is 0 Å². The van der Waals surface area contributed by atoms with Crippen molar-refractivity contribution in [2.75, 3.05) is 5.88 Å². The lowest BCUT2D eigenvalue weighted by Gasteiger charge is -2.22. The summed E-state index contributed by atoms with van der Waals surface area (Å²) < 4.78 is 0.